The van der Waals surface area contributed by atoms with Gasteiger partial charge in [0, 0.05) is 18.1 Å². The van der Waals surface area contributed by atoms with E-state index >= 15 is 0 Å². The highest BCUT2D eigenvalue weighted by atomic mass is 79.9. The standard InChI is InChI=1S/C24H21BrN4O2/c1-28(14-17-7-3-2-4-8-17)22-10-6-5-9-21(22)27-23(30)15-29-16-26-20-12-11-18(25)13-19(20)24(29)31/h2-13,16H,14-15H2,1H3,(H,27,30). The van der Waals surface area contributed by atoms with Crippen molar-refractivity contribution in [3.63, 3.8) is 0 Å². The van der Waals surface area contributed by atoms with Gasteiger partial charge in [-0.3, -0.25) is 14.2 Å². The Morgan fingerprint density at radius 3 is 2.61 bits per heavy atom. The van der Waals surface area contributed by atoms with Gasteiger partial charge in [-0.05, 0) is 35.9 Å². The van der Waals surface area contributed by atoms with Crippen molar-refractivity contribution in [2.24, 2.45) is 0 Å². The summed E-state index contributed by atoms with van der Waals surface area (Å²) in [6, 6.07) is 23.1. The van der Waals surface area contributed by atoms with Gasteiger partial charge in [0.2, 0.25) is 5.91 Å². The lowest BCUT2D eigenvalue weighted by atomic mass is 10.2. The van der Waals surface area contributed by atoms with Crippen LogP contribution in [-0.2, 0) is 17.9 Å². The first-order valence-corrected chi connectivity index (χ1v) is 10.6. The van der Waals surface area contributed by atoms with Crippen molar-refractivity contribution in [2.45, 2.75) is 13.1 Å². The van der Waals surface area contributed by atoms with Crippen LogP contribution >= 0.6 is 15.9 Å². The highest BCUT2D eigenvalue weighted by Gasteiger charge is 2.13. The van der Waals surface area contributed by atoms with E-state index in [4.69, 9.17) is 0 Å². The number of hydrogen-bond acceptors (Lipinski definition) is 4. The normalized spacial score (nSPS) is 10.8. The van der Waals surface area contributed by atoms with E-state index in [0.29, 0.717) is 23.1 Å². The number of nitrogens with one attached hydrogen (secondary N) is 1. The maximum Gasteiger partial charge on any atom is 0.261 e. The van der Waals surface area contributed by atoms with Gasteiger partial charge in [-0.1, -0.05) is 58.4 Å². The molecule has 6 nitrogen and oxygen atoms in total. The highest BCUT2D eigenvalue weighted by Crippen LogP contribution is 2.26. The molecule has 0 atom stereocenters. The van der Waals surface area contributed by atoms with Gasteiger partial charge in [-0.25, -0.2) is 4.98 Å². The van der Waals surface area contributed by atoms with Crippen LogP contribution in [0.4, 0.5) is 11.4 Å². The molecule has 1 N–H and O–H groups in total. The highest BCUT2D eigenvalue weighted by molar-refractivity contribution is 9.10. The van der Waals surface area contributed by atoms with Gasteiger partial charge in [-0.15, -0.1) is 0 Å². The Hall–Kier alpha value is -3.45. The summed E-state index contributed by atoms with van der Waals surface area (Å²) in [5.41, 5.74) is 3.10. The Morgan fingerprint density at radius 1 is 1.06 bits per heavy atom. The molecule has 0 saturated carbocycles. The largest absolute Gasteiger partial charge is 0.369 e. The van der Waals surface area contributed by atoms with Gasteiger partial charge in [0.15, 0.2) is 0 Å². The third-order valence-electron chi connectivity index (χ3n) is 4.95. The first kappa shape index (κ1) is 20.8. The van der Waals surface area contributed by atoms with E-state index in [1.165, 1.54) is 16.5 Å². The van der Waals surface area contributed by atoms with E-state index in [0.717, 1.165) is 10.2 Å². The number of hydrogen-bond donors (Lipinski definition) is 1. The molecule has 1 aromatic heterocycles. The molecule has 0 fully saturated rings. The average Bonchev–Trinajstić information content (AvgIpc) is 2.77. The molecule has 0 radical (unpaired) electrons. The van der Waals surface area contributed by atoms with Crippen LogP contribution < -0.4 is 15.8 Å². The number of amides is 1. The molecule has 0 aliphatic carbocycles. The SMILES string of the molecule is CN(Cc1ccccc1)c1ccccc1NC(=O)Cn1cnc2ccc(Br)cc2c1=O. The fraction of sp³-hybridized carbons (Fsp3) is 0.125. The van der Waals surface area contributed by atoms with Gasteiger partial charge in [0.25, 0.3) is 5.56 Å². The van der Waals surface area contributed by atoms with Crippen molar-refractivity contribution in [1.29, 1.82) is 0 Å². The van der Waals surface area contributed by atoms with Crippen LogP contribution in [0.15, 0.2) is 88.4 Å². The smallest absolute Gasteiger partial charge is 0.261 e. The van der Waals surface area contributed by atoms with Gasteiger partial charge < -0.3 is 10.2 Å². The second-order valence-electron chi connectivity index (χ2n) is 7.25. The summed E-state index contributed by atoms with van der Waals surface area (Å²) >= 11 is 3.37. The van der Waals surface area contributed by atoms with Crippen LogP contribution in [0.1, 0.15) is 5.56 Å². The van der Waals surface area contributed by atoms with Gasteiger partial charge in [0.05, 0.1) is 28.6 Å². The van der Waals surface area contributed by atoms with E-state index in [1.54, 1.807) is 12.1 Å². The number of fused-ring (bicyclic) bond motifs is 1. The van der Waals surface area contributed by atoms with E-state index < -0.39 is 0 Å². The van der Waals surface area contributed by atoms with Crippen LogP contribution in [0.2, 0.25) is 0 Å². The van der Waals surface area contributed by atoms with Crippen molar-refractivity contribution >= 4 is 44.1 Å². The first-order chi connectivity index (χ1) is 15.0. The average molecular weight is 477 g/mol. The number of para-hydroxylation sites is 2. The Morgan fingerprint density at radius 2 is 1.81 bits per heavy atom. The lowest BCUT2D eigenvalue weighted by Crippen LogP contribution is -2.28. The summed E-state index contributed by atoms with van der Waals surface area (Å²) in [4.78, 5) is 31.9. The molecule has 7 heteroatoms. The fourth-order valence-electron chi connectivity index (χ4n) is 3.44. The third-order valence-corrected chi connectivity index (χ3v) is 5.45. The minimum atomic E-state index is -0.293. The Labute approximate surface area is 188 Å². The third kappa shape index (κ3) is 4.83. The molecule has 0 spiro atoms. The molecule has 156 valence electrons. The number of carbonyl (C=O) groups excluding carboxylic acids is 1. The molecule has 0 aliphatic heterocycles. The minimum absolute atomic E-state index is 0.120. The second kappa shape index (κ2) is 9.14. The molecular weight excluding hydrogens is 456 g/mol. The van der Waals surface area contributed by atoms with E-state index in [9.17, 15) is 9.59 Å². The predicted octanol–water partition coefficient (Wildman–Crippen LogP) is 4.43. The van der Waals surface area contributed by atoms with Crippen LogP contribution in [0.5, 0.6) is 0 Å². The number of nitrogens with zero attached hydrogens (tertiary/aromatic N) is 3. The lowest BCUT2D eigenvalue weighted by molar-refractivity contribution is -0.116. The van der Waals surface area contributed by atoms with Crippen molar-refractivity contribution in [2.75, 3.05) is 17.3 Å². The minimum Gasteiger partial charge on any atom is -0.369 e. The van der Waals surface area contributed by atoms with E-state index in [1.807, 2.05) is 55.6 Å². The summed E-state index contributed by atoms with van der Waals surface area (Å²) in [5.74, 6) is -0.293. The first-order valence-electron chi connectivity index (χ1n) is 9.80. The zero-order valence-electron chi connectivity index (χ0n) is 17.0. The molecule has 1 heterocycles. The van der Waals surface area contributed by atoms with E-state index in [-0.39, 0.29) is 18.0 Å². The van der Waals surface area contributed by atoms with Crippen molar-refractivity contribution < 1.29 is 4.79 Å². The zero-order valence-corrected chi connectivity index (χ0v) is 18.5. The van der Waals surface area contributed by atoms with Gasteiger partial charge >= 0.3 is 0 Å². The maximum atomic E-state index is 12.8. The quantitative estimate of drug-likeness (QED) is 0.446. The number of benzene rings is 3. The zero-order chi connectivity index (χ0) is 21.8. The molecular formula is C24H21BrN4O2. The molecule has 0 saturated heterocycles. The number of aromatic nitrogens is 2. The maximum absolute atomic E-state index is 12.8. The Kier molecular flexibility index (Phi) is 6.13. The Bertz CT molecular complexity index is 1290. The summed E-state index contributed by atoms with van der Waals surface area (Å²) in [6.07, 6.45) is 1.41. The molecule has 0 aliphatic rings. The molecule has 3 aromatic carbocycles. The fourth-order valence-corrected chi connectivity index (χ4v) is 3.80. The molecule has 31 heavy (non-hydrogen) atoms. The van der Waals surface area contributed by atoms with Crippen LogP contribution in [0, 0.1) is 0 Å². The molecule has 4 aromatic rings. The summed E-state index contributed by atoms with van der Waals surface area (Å²) < 4.78 is 2.11. The lowest BCUT2D eigenvalue weighted by Gasteiger charge is -2.23. The van der Waals surface area contributed by atoms with Crippen molar-refractivity contribution in [3.8, 4) is 0 Å². The molecule has 4 rings (SSSR count). The number of carbonyl (C=O) groups is 1. The topological polar surface area (TPSA) is 67.2 Å². The summed E-state index contributed by atoms with van der Waals surface area (Å²) in [6.45, 7) is 0.585. The number of halogens is 1. The molecule has 0 bridgehead atoms. The van der Waals surface area contributed by atoms with Crippen molar-refractivity contribution in [1.82, 2.24) is 9.55 Å². The van der Waals surface area contributed by atoms with Gasteiger partial charge in [0.1, 0.15) is 6.54 Å². The van der Waals surface area contributed by atoms with Crippen LogP contribution in [0.3, 0.4) is 0 Å². The Balaban J connectivity index is 1.52. The molecule has 1 amide bonds. The number of anilines is 2. The number of rotatable bonds is 6. The summed E-state index contributed by atoms with van der Waals surface area (Å²) in [7, 11) is 1.98. The second-order valence-corrected chi connectivity index (χ2v) is 8.16. The van der Waals surface area contributed by atoms with Gasteiger partial charge in [-0.2, -0.15) is 0 Å². The van der Waals surface area contributed by atoms with Crippen molar-refractivity contribution in [3.05, 3.63) is 99.5 Å². The van der Waals surface area contributed by atoms with Crippen LogP contribution in [-0.4, -0.2) is 22.5 Å². The predicted molar refractivity (Wildman–Crippen MR) is 127 cm³/mol. The molecule has 0 unspecified atom stereocenters. The summed E-state index contributed by atoms with van der Waals surface area (Å²) in [5, 5.41) is 3.40. The monoisotopic (exact) mass is 476 g/mol. The van der Waals surface area contributed by atoms with Crippen LogP contribution in [0.25, 0.3) is 10.9 Å². The van der Waals surface area contributed by atoms with E-state index in [2.05, 4.69) is 43.3 Å².